The fraction of sp³-hybridized carbons (Fsp3) is 0.161. The Labute approximate surface area is 393 Å². The number of hydrogen-bond donors (Lipinski definition) is 10. The van der Waals surface area contributed by atoms with Crippen molar-refractivity contribution in [3.63, 3.8) is 0 Å². The molecule has 1 saturated heterocycles. The van der Waals surface area contributed by atoms with E-state index < -0.39 is 59.1 Å². The quantitative estimate of drug-likeness (QED) is 0.0750. The summed E-state index contributed by atoms with van der Waals surface area (Å²) in [5.41, 5.74) is 2.42. The highest BCUT2D eigenvalue weighted by Crippen LogP contribution is 2.73. The van der Waals surface area contributed by atoms with Crippen LogP contribution in [0.4, 0.5) is 0 Å². The van der Waals surface area contributed by atoms with Crippen LogP contribution in [0.1, 0.15) is 91.9 Å². The van der Waals surface area contributed by atoms with Crippen LogP contribution in [0, 0.1) is 5.92 Å². The summed E-state index contributed by atoms with van der Waals surface area (Å²) in [6.45, 7) is 0. The highest BCUT2D eigenvalue weighted by Gasteiger charge is 2.68. The molecule has 344 valence electrons. The predicted molar refractivity (Wildman–Crippen MR) is 248 cm³/mol. The Bertz CT molecular complexity index is 3320. The molecule has 1 fully saturated rings. The first kappa shape index (κ1) is 41.9. The fourth-order valence-corrected chi connectivity index (χ4v) is 12.3. The number of ketones is 1. The lowest BCUT2D eigenvalue weighted by Crippen LogP contribution is -2.41. The Balaban J connectivity index is 1.20. The van der Waals surface area contributed by atoms with Crippen LogP contribution < -0.4 is 4.74 Å². The van der Waals surface area contributed by atoms with Crippen LogP contribution in [0.5, 0.6) is 57.5 Å². The van der Waals surface area contributed by atoms with Gasteiger partial charge in [-0.25, -0.2) is 0 Å². The summed E-state index contributed by atoms with van der Waals surface area (Å²) in [5.74, 6) is -7.68. The Morgan fingerprint density at radius 1 is 0.420 bits per heavy atom. The zero-order valence-corrected chi connectivity index (χ0v) is 36.2. The van der Waals surface area contributed by atoms with E-state index in [9.17, 15) is 51.1 Å². The monoisotopic (exact) mass is 922 g/mol. The number of aliphatic hydroxyl groups is 1. The van der Waals surface area contributed by atoms with E-state index in [0.29, 0.717) is 50.1 Å². The summed E-state index contributed by atoms with van der Waals surface area (Å²) in [5, 5.41) is 114. The first-order valence-corrected chi connectivity index (χ1v) is 22.4. The van der Waals surface area contributed by atoms with Crippen LogP contribution in [-0.2, 0) is 9.53 Å². The van der Waals surface area contributed by atoms with Gasteiger partial charge in [0, 0.05) is 64.6 Å². The minimum Gasteiger partial charge on any atom is -0.508 e. The summed E-state index contributed by atoms with van der Waals surface area (Å²) < 4.78 is 13.5. The molecule has 7 aromatic carbocycles. The average Bonchev–Trinajstić information content (AvgIpc) is 3.95. The van der Waals surface area contributed by atoms with Crippen molar-refractivity contribution in [2.45, 2.75) is 47.4 Å². The number of fused-ring (bicyclic) bond motifs is 3. The first-order chi connectivity index (χ1) is 33.2. The molecule has 12 rings (SSSR count). The normalized spacial score (nSPS) is 26.0. The van der Waals surface area contributed by atoms with E-state index >= 15 is 4.79 Å². The van der Waals surface area contributed by atoms with Gasteiger partial charge in [-0.05, 0) is 117 Å². The molecule has 13 heteroatoms. The molecule has 69 heavy (non-hydrogen) atoms. The number of hydrogen-bond acceptors (Lipinski definition) is 13. The van der Waals surface area contributed by atoms with Crippen molar-refractivity contribution in [2.24, 2.45) is 5.92 Å². The summed E-state index contributed by atoms with van der Waals surface area (Å²) in [7, 11) is 0. The maximum Gasteiger partial charge on any atom is 0.186 e. The van der Waals surface area contributed by atoms with Crippen molar-refractivity contribution in [1.82, 2.24) is 0 Å². The molecule has 2 heterocycles. The van der Waals surface area contributed by atoms with Crippen molar-refractivity contribution in [3.05, 3.63) is 213 Å². The fourth-order valence-electron chi connectivity index (χ4n) is 12.3. The standard InChI is InChI=1S/C56H42O13/c57-30-9-1-25(2-10-30)44-47-39(21-36(63)22-40(47)65)52-55(28-7-15-33(60)16-8-28)69-43-24-41(66)50-49(45(26-3-11-31(58)12-4-26)51(44)53(50)56(43,52)67)38-20-37(64)23-42-48(38)46(29-17-34(61)19-35(62)18-29)54(68-42)27-5-13-32(59)14-6-27/h1-24,44-46,49,51-52,54-55,57-65,67H. The zero-order valence-electron chi connectivity index (χ0n) is 36.2. The number of rotatable bonds is 6. The third kappa shape index (κ3) is 6.23. The lowest BCUT2D eigenvalue weighted by molar-refractivity contribution is -0.112. The van der Waals surface area contributed by atoms with Crippen molar-refractivity contribution in [1.29, 1.82) is 0 Å². The second kappa shape index (κ2) is 15.0. The van der Waals surface area contributed by atoms with Gasteiger partial charge >= 0.3 is 0 Å². The number of benzene rings is 7. The Hall–Kier alpha value is -8.55. The van der Waals surface area contributed by atoms with E-state index in [1.54, 1.807) is 54.6 Å². The van der Waals surface area contributed by atoms with Crippen molar-refractivity contribution >= 4 is 5.78 Å². The van der Waals surface area contributed by atoms with Gasteiger partial charge in [-0.1, -0.05) is 48.5 Å². The molecule has 9 unspecified atom stereocenters. The van der Waals surface area contributed by atoms with Crippen LogP contribution in [0.25, 0.3) is 0 Å². The number of carbonyl (C=O) groups is 1. The lowest BCUT2D eigenvalue weighted by atomic mass is 9.66. The molecule has 0 amide bonds. The minimum absolute atomic E-state index is 0.00260. The van der Waals surface area contributed by atoms with Crippen LogP contribution in [0.3, 0.4) is 0 Å². The largest absolute Gasteiger partial charge is 0.508 e. The Morgan fingerprint density at radius 3 is 1.52 bits per heavy atom. The molecule has 0 saturated carbocycles. The maximum absolute atomic E-state index is 15.6. The van der Waals surface area contributed by atoms with Crippen molar-refractivity contribution in [3.8, 4) is 57.5 Å². The number of phenolic OH excluding ortho intramolecular Hbond substituents is 9. The van der Waals surface area contributed by atoms with Gasteiger partial charge in [0.25, 0.3) is 0 Å². The molecule has 7 aromatic rings. The second-order valence-electron chi connectivity index (χ2n) is 18.6. The molecule has 0 bridgehead atoms. The van der Waals surface area contributed by atoms with Gasteiger partial charge in [0.05, 0.1) is 11.8 Å². The Morgan fingerprint density at radius 2 is 0.928 bits per heavy atom. The van der Waals surface area contributed by atoms with Gasteiger partial charge in [0.2, 0.25) is 0 Å². The molecule has 5 aliphatic rings. The van der Waals surface area contributed by atoms with Gasteiger partial charge in [0.1, 0.15) is 75.5 Å². The molecular formula is C56H42O13. The van der Waals surface area contributed by atoms with E-state index in [1.165, 1.54) is 91.0 Å². The van der Waals surface area contributed by atoms with E-state index in [-0.39, 0.29) is 74.4 Å². The topological polar surface area (TPSA) is 238 Å². The third-order valence-corrected chi connectivity index (χ3v) is 14.8. The van der Waals surface area contributed by atoms with Crippen molar-refractivity contribution < 1.29 is 65.3 Å². The molecular weight excluding hydrogens is 881 g/mol. The highest BCUT2D eigenvalue weighted by atomic mass is 16.5. The van der Waals surface area contributed by atoms with Crippen LogP contribution >= 0.6 is 0 Å². The van der Waals surface area contributed by atoms with Gasteiger partial charge < -0.3 is 60.5 Å². The minimum atomic E-state index is -2.16. The SMILES string of the molecule is O=C1C=C2OC(c3ccc(O)cc3)C3c4cc(O)cc(O)c4C(c4ccc(O)cc4)C4C(=C1C(c1cc(O)cc5c1C(c1cc(O)cc(O)c1)C(c1ccc(O)cc1)O5)C4c1ccc(O)cc1)C23O. The lowest BCUT2D eigenvalue weighted by Gasteiger charge is -2.37. The summed E-state index contributed by atoms with van der Waals surface area (Å²) in [6.07, 6.45) is -0.668. The molecule has 3 aliphatic carbocycles. The van der Waals surface area contributed by atoms with E-state index in [4.69, 9.17) is 9.47 Å². The summed E-state index contributed by atoms with van der Waals surface area (Å²) >= 11 is 0. The number of ether oxygens (including phenoxy) is 2. The summed E-state index contributed by atoms with van der Waals surface area (Å²) in [4.78, 5) is 15.6. The summed E-state index contributed by atoms with van der Waals surface area (Å²) in [6, 6.07) is 35.3. The number of phenols is 9. The maximum atomic E-state index is 15.6. The predicted octanol–water partition coefficient (Wildman–Crippen LogP) is 8.99. The van der Waals surface area contributed by atoms with Crippen LogP contribution in [0.2, 0.25) is 0 Å². The van der Waals surface area contributed by atoms with E-state index in [1.807, 2.05) is 0 Å². The second-order valence-corrected chi connectivity index (χ2v) is 18.6. The zero-order chi connectivity index (χ0) is 47.8. The molecule has 9 atom stereocenters. The molecule has 10 N–H and O–H groups in total. The first-order valence-electron chi connectivity index (χ1n) is 22.4. The van der Waals surface area contributed by atoms with Gasteiger partial charge in [-0.3, -0.25) is 4.79 Å². The van der Waals surface area contributed by atoms with Crippen molar-refractivity contribution in [2.75, 3.05) is 0 Å². The van der Waals surface area contributed by atoms with Crippen LogP contribution in [-0.4, -0.2) is 62.4 Å². The van der Waals surface area contributed by atoms with Gasteiger partial charge in [0.15, 0.2) is 11.4 Å². The molecule has 2 aliphatic heterocycles. The smallest absolute Gasteiger partial charge is 0.186 e. The molecule has 0 spiro atoms. The average molecular weight is 923 g/mol. The third-order valence-electron chi connectivity index (χ3n) is 14.8. The van der Waals surface area contributed by atoms with Gasteiger partial charge in [-0.15, -0.1) is 0 Å². The van der Waals surface area contributed by atoms with E-state index in [0.717, 1.165) is 0 Å². The van der Waals surface area contributed by atoms with Crippen LogP contribution in [0.15, 0.2) is 163 Å². The number of aromatic hydroxyl groups is 9. The number of carbonyl (C=O) groups excluding carboxylic acids is 1. The van der Waals surface area contributed by atoms with Gasteiger partial charge in [-0.2, -0.15) is 0 Å². The molecule has 13 nitrogen and oxygen atoms in total. The molecule has 0 aromatic heterocycles. The number of allylic oxidation sites excluding steroid dienone is 2. The molecule has 0 radical (unpaired) electrons. The highest BCUT2D eigenvalue weighted by molar-refractivity contribution is 6.09. The van der Waals surface area contributed by atoms with E-state index in [2.05, 4.69) is 0 Å². The Kier molecular flexibility index (Phi) is 9.08.